The van der Waals surface area contributed by atoms with Gasteiger partial charge in [-0.1, -0.05) is 38.5 Å². The van der Waals surface area contributed by atoms with E-state index in [-0.39, 0.29) is 11.5 Å². The Kier molecular flexibility index (Phi) is 5.35. The molecule has 27 heavy (non-hydrogen) atoms. The molecule has 3 rings (SSSR count). The largest absolute Gasteiger partial charge is 0.348 e. The van der Waals surface area contributed by atoms with E-state index in [1.54, 1.807) is 0 Å². The maximum atomic E-state index is 12.3. The summed E-state index contributed by atoms with van der Waals surface area (Å²) >= 11 is 0. The van der Waals surface area contributed by atoms with Crippen LogP contribution in [0.15, 0.2) is 30.5 Å². The molecule has 144 valence electrons. The van der Waals surface area contributed by atoms with Crippen molar-refractivity contribution in [3.05, 3.63) is 47.3 Å². The van der Waals surface area contributed by atoms with Gasteiger partial charge in [-0.05, 0) is 43.7 Å². The smallest absolute Gasteiger partial charge is 0.309 e. The molecule has 0 unspecified atom stereocenters. The van der Waals surface area contributed by atoms with Gasteiger partial charge in [0.05, 0.1) is 23.6 Å². The normalized spacial score (nSPS) is 17.9. The Morgan fingerprint density at radius 1 is 1.22 bits per heavy atom. The lowest BCUT2D eigenvalue weighted by atomic mass is 9.74. The van der Waals surface area contributed by atoms with E-state index in [1.165, 1.54) is 5.56 Å². The van der Waals surface area contributed by atoms with Crippen LogP contribution in [0.3, 0.4) is 0 Å². The molecule has 0 aliphatic heterocycles. The second kappa shape index (κ2) is 7.55. The van der Waals surface area contributed by atoms with Crippen LogP contribution >= 0.6 is 0 Å². The molecule has 1 heterocycles. The van der Waals surface area contributed by atoms with Gasteiger partial charge >= 0.3 is 11.8 Å². The zero-order valence-corrected chi connectivity index (χ0v) is 16.5. The lowest BCUT2D eigenvalue weighted by Gasteiger charge is -2.35. The van der Waals surface area contributed by atoms with E-state index in [2.05, 4.69) is 60.8 Å². The van der Waals surface area contributed by atoms with Crippen molar-refractivity contribution in [2.75, 3.05) is 6.54 Å². The van der Waals surface area contributed by atoms with Crippen LogP contribution in [-0.4, -0.2) is 28.1 Å². The third-order valence-corrected chi connectivity index (χ3v) is 5.00. The van der Waals surface area contributed by atoms with Crippen LogP contribution < -0.4 is 10.6 Å². The molecule has 0 spiro atoms. The summed E-state index contributed by atoms with van der Waals surface area (Å²) in [6.07, 6.45) is 4.25. The van der Waals surface area contributed by atoms with Gasteiger partial charge in [-0.15, -0.1) is 0 Å². The van der Waals surface area contributed by atoms with Crippen LogP contribution in [0.2, 0.25) is 0 Å². The van der Waals surface area contributed by atoms with Gasteiger partial charge in [0, 0.05) is 12.1 Å². The maximum absolute atomic E-state index is 12.3. The number of nitrogens with one attached hydrogen (secondary N) is 2. The van der Waals surface area contributed by atoms with E-state index in [0.717, 1.165) is 36.2 Å². The minimum absolute atomic E-state index is 0.00663. The van der Waals surface area contributed by atoms with Crippen molar-refractivity contribution in [1.29, 1.82) is 0 Å². The van der Waals surface area contributed by atoms with E-state index in [4.69, 9.17) is 0 Å². The molecule has 6 heteroatoms. The first-order valence-corrected chi connectivity index (χ1v) is 9.53. The van der Waals surface area contributed by atoms with E-state index in [0.29, 0.717) is 6.54 Å². The first-order chi connectivity index (χ1) is 12.8. The highest BCUT2D eigenvalue weighted by molar-refractivity contribution is 6.35. The van der Waals surface area contributed by atoms with Crippen LogP contribution in [-0.2, 0) is 16.0 Å². The van der Waals surface area contributed by atoms with Gasteiger partial charge in [-0.3, -0.25) is 9.59 Å². The first-order valence-electron chi connectivity index (χ1n) is 9.53. The molecule has 1 aromatic carbocycles. The van der Waals surface area contributed by atoms with Crippen LogP contribution in [0.5, 0.6) is 0 Å². The minimum atomic E-state index is -0.583. The predicted octanol–water partition coefficient (Wildman–Crippen LogP) is 2.84. The molecule has 0 fully saturated rings. The number of aryl methyl sites for hydroxylation is 1. The van der Waals surface area contributed by atoms with Crippen LogP contribution in [0, 0.1) is 12.3 Å². The molecule has 0 saturated heterocycles. The van der Waals surface area contributed by atoms with Crippen molar-refractivity contribution in [3.63, 3.8) is 0 Å². The van der Waals surface area contributed by atoms with Gasteiger partial charge in [0.15, 0.2) is 0 Å². The number of fused-ring (bicyclic) bond motifs is 1. The molecule has 2 aromatic rings. The predicted molar refractivity (Wildman–Crippen MR) is 105 cm³/mol. The first kappa shape index (κ1) is 19.1. The number of carbonyl (C=O) groups excluding carboxylic acids is 2. The number of hydrogen-bond donors (Lipinski definition) is 2. The third kappa shape index (κ3) is 4.21. The van der Waals surface area contributed by atoms with Gasteiger partial charge in [-0.2, -0.15) is 5.10 Å². The summed E-state index contributed by atoms with van der Waals surface area (Å²) in [5.74, 6) is -1.16. The Balaban J connectivity index is 1.88. The quantitative estimate of drug-likeness (QED) is 0.815. The van der Waals surface area contributed by atoms with Crippen molar-refractivity contribution in [1.82, 2.24) is 20.4 Å². The van der Waals surface area contributed by atoms with Crippen molar-refractivity contribution >= 4 is 11.8 Å². The number of amides is 2. The van der Waals surface area contributed by atoms with Gasteiger partial charge in [0.1, 0.15) is 0 Å². The lowest BCUT2D eigenvalue weighted by Crippen LogP contribution is -2.44. The van der Waals surface area contributed by atoms with E-state index in [1.807, 2.05) is 17.8 Å². The molecular weight excluding hydrogens is 340 g/mol. The van der Waals surface area contributed by atoms with Crippen molar-refractivity contribution in [3.8, 4) is 5.69 Å². The number of rotatable bonds is 4. The molecule has 1 aliphatic carbocycles. The summed E-state index contributed by atoms with van der Waals surface area (Å²) in [5.41, 5.74) is 4.28. The molecule has 1 aromatic heterocycles. The Hall–Kier alpha value is -2.63. The van der Waals surface area contributed by atoms with E-state index < -0.39 is 11.8 Å². The zero-order valence-electron chi connectivity index (χ0n) is 16.5. The third-order valence-electron chi connectivity index (χ3n) is 5.00. The maximum Gasteiger partial charge on any atom is 0.309 e. The van der Waals surface area contributed by atoms with Gasteiger partial charge in [0.25, 0.3) is 0 Å². The summed E-state index contributed by atoms with van der Waals surface area (Å²) < 4.78 is 1.95. The average molecular weight is 368 g/mol. The van der Waals surface area contributed by atoms with Crippen molar-refractivity contribution in [2.24, 2.45) is 5.41 Å². The lowest BCUT2D eigenvalue weighted by molar-refractivity contribution is -0.139. The Morgan fingerprint density at radius 2 is 1.93 bits per heavy atom. The minimum Gasteiger partial charge on any atom is -0.348 e. The molecular formula is C21H28N4O2. The second-order valence-corrected chi connectivity index (χ2v) is 8.12. The van der Waals surface area contributed by atoms with E-state index >= 15 is 0 Å². The fourth-order valence-electron chi connectivity index (χ4n) is 3.62. The molecule has 0 radical (unpaired) electrons. The monoisotopic (exact) mass is 368 g/mol. The molecule has 0 saturated carbocycles. The highest BCUT2D eigenvalue weighted by Gasteiger charge is 2.36. The Labute approximate surface area is 160 Å². The van der Waals surface area contributed by atoms with Crippen LogP contribution in [0.25, 0.3) is 5.69 Å². The SMILES string of the molecule is CCCNC(=O)C(=O)N[C@H]1CC(C)(C)Cc2c1cnn2-c1ccc(C)cc1. The van der Waals surface area contributed by atoms with Crippen molar-refractivity contribution in [2.45, 2.75) is 53.0 Å². The summed E-state index contributed by atoms with van der Waals surface area (Å²) in [6.45, 7) is 8.87. The highest BCUT2D eigenvalue weighted by atomic mass is 16.2. The van der Waals surface area contributed by atoms with E-state index in [9.17, 15) is 9.59 Å². The van der Waals surface area contributed by atoms with Gasteiger partial charge < -0.3 is 10.6 Å². The summed E-state index contributed by atoms with van der Waals surface area (Å²) in [6, 6.07) is 8.01. The highest BCUT2D eigenvalue weighted by Crippen LogP contribution is 2.41. The standard InChI is InChI=1S/C21H28N4O2/c1-5-10-22-19(26)20(27)24-17-11-21(3,4)12-18-16(17)13-23-25(18)15-8-6-14(2)7-9-15/h6-9,13,17H,5,10-12H2,1-4H3,(H,22,26)(H,24,27)/t17-/m0/s1. The van der Waals surface area contributed by atoms with Crippen molar-refractivity contribution < 1.29 is 9.59 Å². The molecule has 0 bridgehead atoms. The topological polar surface area (TPSA) is 76.0 Å². The molecule has 1 aliphatic rings. The number of carbonyl (C=O) groups is 2. The number of benzene rings is 1. The number of nitrogens with zero attached hydrogens (tertiary/aromatic N) is 2. The summed E-state index contributed by atoms with van der Waals surface area (Å²) in [7, 11) is 0. The molecule has 2 N–H and O–H groups in total. The fraction of sp³-hybridized carbons (Fsp3) is 0.476. The average Bonchev–Trinajstić information content (AvgIpc) is 3.02. The molecule has 6 nitrogen and oxygen atoms in total. The summed E-state index contributed by atoms with van der Waals surface area (Å²) in [5, 5.41) is 10.1. The molecule has 2 amide bonds. The molecule has 1 atom stereocenters. The second-order valence-electron chi connectivity index (χ2n) is 8.12. The summed E-state index contributed by atoms with van der Waals surface area (Å²) in [4.78, 5) is 24.3. The van der Waals surface area contributed by atoms with Gasteiger partial charge in [-0.25, -0.2) is 4.68 Å². The fourth-order valence-corrected chi connectivity index (χ4v) is 3.62. The Bertz CT molecular complexity index is 836. The van der Waals surface area contributed by atoms with Gasteiger partial charge in [0.2, 0.25) is 0 Å². The number of aromatic nitrogens is 2. The Morgan fingerprint density at radius 3 is 2.59 bits per heavy atom. The van der Waals surface area contributed by atoms with Crippen LogP contribution in [0.4, 0.5) is 0 Å². The van der Waals surface area contributed by atoms with Crippen LogP contribution in [0.1, 0.15) is 56.5 Å². The number of hydrogen-bond acceptors (Lipinski definition) is 3. The zero-order chi connectivity index (χ0) is 19.6.